The van der Waals surface area contributed by atoms with E-state index in [1.165, 1.54) is 5.56 Å². The average Bonchev–Trinajstić information content (AvgIpc) is 2.93. The molecule has 1 atom stereocenters. The Morgan fingerprint density at radius 3 is 3.21 bits per heavy atom. The summed E-state index contributed by atoms with van der Waals surface area (Å²) in [6.45, 7) is 3.93. The van der Waals surface area contributed by atoms with Crippen molar-refractivity contribution < 1.29 is 9.26 Å². The molecule has 1 N–H and O–H groups in total. The molecule has 1 unspecified atom stereocenters. The summed E-state index contributed by atoms with van der Waals surface area (Å²) in [6, 6.07) is 8.26. The molecule has 1 aromatic carbocycles. The van der Waals surface area contributed by atoms with Crippen molar-refractivity contribution >= 4 is 5.69 Å². The van der Waals surface area contributed by atoms with Crippen molar-refractivity contribution in [2.24, 2.45) is 0 Å². The van der Waals surface area contributed by atoms with Crippen molar-refractivity contribution in [3.05, 3.63) is 41.5 Å². The highest BCUT2D eigenvalue weighted by atomic mass is 16.5. The number of para-hydroxylation sites is 1. The molecule has 0 spiro atoms. The topological polar surface area (TPSA) is 60.2 Å². The van der Waals surface area contributed by atoms with Crippen molar-refractivity contribution in [2.75, 3.05) is 18.5 Å². The molecule has 5 heteroatoms. The first-order valence-electron chi connectivity index (χ1n) is 6.61. The van der Waals surface area contributed by atoms with Crippen LogP contribution in [0.2, 0.25) is 0 Å². The summed E-state index contributed by atoms with van der Waals surface area (Å²) in [7, 11) is 0. The van der Waals surface area contributed by atoms with Gasteiger partial charge in [0.25, 0.3) is 0 Å². The second kappa shape index (κ2) is 5.40. The van der Waals surface area contributed by atoms with Crippen molar-refractivity contribution in [3.63, 3.8) is 0 Å². The van der Waals surface area contributed by atoms with E-state index in [1.54, 1.807) is 0 Å². The zero-order valence-electron chi connectivity index (χ0n) is 10.9. The number of hydrogen-bond donors (Lipinski definition) is 1. The molecule has 1 aliphatic rings. The van der Waals surface area contributed by atoms with Gasteiger partial charge in [0, 0.05) is 18.8 Å². The molecule has 3 rings (SSSR count). The van der Waals surface area contributed by atoms with Crippen LogP contribution in [0.1, 0.15) is 36.5 Å². The van der Waals surface area contributed by atoms with Crippen molar-refractivity contribution in [1.82, 2.24) is 10.1 Å². The van der Waals surface area contributed by atoms with Gasteiger partial charge in [-0.3, -0.25) is 0 Å². The maximum absolute atomic E-state index is 5.39. The fraction of sp³-hybridized carbons (Fsp3) is 0.429. The SMILES string of the molecule is CCOCc1noc(C2CCNc3ccccc32)n1. The fourth-order valence-electron chi connectivity index (χ4n) is 2.39. The third-order valence-corrected chi connectivity index (χ3v) is 3.30. The second-order valence-electron chi connectivity index (χ2n) is 4.54. The number of aromatic nitrogens is 2. The number of benzene rings is 1. The van der Waals surface area contributed by atoms with Crippen LogP contribution in [0, 0.1) is 0 Å². The normalized spacial score (nSPS) is 17.8. The maximum atomic E-state index is 5.39. The maximum Gasteiger partial charge on any atom is 0.234 e. The molecule has 0 fully saturated rings. The summed E-state index contributed by atoms with van der Waals surface area (Å²) in [5.74, 6) is 1.48. The van der Waals surface area contributed by atoms with E-state index in [0.29, 0.717) is 24.9 Å². The summed E-state index contributed by atoms with van der Waals surface area (Å²) in [6.07, 6.45) is 0.966. The van der Waals surface area contributed by atoms with Gasteiger partial charge in [0.2, 0.25) is 5.89 Å². The van der Waals surface area contributed by atoms with E-state index in [4.69, 9.17) is 9.26 Å². The molecule has 0 bridgehead atoms. The lowest BCUT2D eigenvalue weighted by molar-refractivity contribution is 0.126. The lowest BCUT2D eigenvalue weighted by Crippen LogP contribution is -2.17. The molecule has 2 heterocycles. The standard InChI is InChI=1S/C14H17N3O2/c1-2-18-9-13-16-14(19-17-13)11-7-8-15-12-6-4-3-5-10(11)12/h3-6,11,15H,2,7-9H2,1H3. The molecule has 0 saturated carbocycles. The highest BCUT2D eigenvalue weighted by molar-refractivity contribution is 5.56. The first-order valence-corrected chi connectivity index (χ1v) is 6.61. The minimum Gasteiger partial charge on any atom is -0.385 e. The van der Waals surface area contributed by atoms with E-state index >= 15 is 0 Å². The Bertz CT molecular complexity index is 553. The molecule has 0 amide bonds. The Morgan fingerprint density at radius 1 is 1.42 bits per heavy atom. The number of ether oxygens (including phenoxy) is 1. The molecule has 100 valence electrons. The van der Waals surface area contributed by atoms with E-state index in [9.17, 15) is 0 Å². The summed E-state index contributed by atoms with van der Waals surface area (Å²) < 4.78 is 10.7. The van der Waals surface area contributed by atoms with Crippen LogP contribution in [0.25, 0.3) is 0 Å². The fourth-order valence-corrected chi connectivity index (χ4v) is 2.39. The Kier molecular flexibility index (Phi) is 3.46. The molecule has 1 aliphatic heterocycles. The molecule has 1 aromatic heterocycles. The third-order valence-electron chi connectivity index (χ3n) is 3.30. The number of anilines is 1. The predicted octanol–water partition coefficient (Wildman–Crippen LogP) is 2.55. The molecular formula is C14H17N3O2. The zero-order valence-corrected chi connectivity index (χ0v) is 10.9. The summed E-state index contributed by atoms with van der Waals surface area (Å²) in [4.78, 5) is 4.44. The molecule has 0 saturated heterocycles. The molecule has 19 heavy (non-hydrogen) atoms. The van der Waals surface area contributed by atoms with Crippen molar-refractivity contribution in [3.8, 4) is 0 Å². The second-order valence-corrected chi connectivity index (χ2v) is 4.54. The van der Waals surface area contributed by atoms with Crippen molar-refractivity contribution in [2.45, 2.75) is 25.9 Å². The van der Waals surface area contributed by atoms with Gasteiger partial charge in [0.1, 0.15) is 6.61 Å². The Balaban J connectivity index is 1.85. The molecule has 5 nitrogen and oxygen atoms in total. The van der Waals surface area contributed by atoms with Gasteiger partial charge in [-0.2, -0.15) is 4.98 Å². The van der Waals surface area contributed by atoms with Gasteiger partial charge in [-0.05, 0) is 25.0 Å². The Hall–Kier alpha value is -1.88. The number of nitrogens with zero attached hydrogens (tertiary/aromatic N) is 2. The number of hydrogen-bond acceptors (Lipinski definition) is 5. The lowest BCUT2D eigenvalue weighted by Gasteiger charge is -2.23. The molecule has 0 aliphatic carbocycles. The Labute approximate surface area is 112 Å². The smallest absolute Gasteiger partial charge is 0.234 e. The van der Waals surface area contributed by atoms with Crippen LogP contribution in [0.5, 0.6) is 0 Å². The summed E-state index contributed by atoms with van der Waals surface area (Å²) in [5, 5.41) is 7.36. The number of fused-ring (bicyclic) bond motifs is 1. The van der Waals surface area contributed by atoms with Crippen LogP contribution >= 0.6 is 0 Å². The minimum absolute atomic E-state index is 0.181. The van der Waals surface area contributed by atoms with Crippen LogP contribution < -0.4 is 5.32 Å². The van der Waals surface area contributed by atoms with E-state index in [-0.39, 0.29) is 5.92 Å². The predicted molar refractivity (Wildman–Crippen MR) is 71.0 cm³/mol. The lowest BCUT2D eigenvalue weighted by atomic mass is 9.91. The van der Waals surface area contributed by atoms with E-state index < -0.39 is 0 Å². The number of rotatable bonds is 4. The molecule has 2 aromatic rings. The zero-order chi connectivity index (χ0) is 13.1. The molecular weight excluding hydrogens is 242 g/mol. The van der Waals surface area contributed by atoms with Gasteiger partial charge < -0.3 is 14.6 Å². The van der Waals surface area contributed by atoms with E-state index in [2.05, 4.69) is 27.6 Å². The van der Waals surface area contributed by atoms with Gasteiger partial charge >= 0.3 is 0 Å². The summed E-state index contributed by atoms with van der Waals surface area (Å²) >= 11 is 0. The first-order chi connectivity index (χ1) is 9.38. The highest BCUT2D eigenvalue weighted by Crippen LogP contribution is 2.35. The quantitative estimate of drug-likeness (QED) is 0.914. The first kappa shape index (κ1) is 12.2. The van der Waals surface area contributed by atoms with Crippen molar-refractivity contribution in [1.29, 1.82) is 0 Å². The Morgan fingerprint density at radius 2 is 2.32 bits per heavy atom. The summed E-state index contributed by atoms with van der Waals surface area (Å²) in [5.41, 5.74) is 2.38. The van der Waals surface area contributed by atoms with Gasteiger partial charge in [0.15, 0.2) is 5.82 Å². The van der Waals surface area contributed by atoms with E-state index in [1.807, 2.05) is 19.1 Å². The van der Waals surface area contributed by atoms with Crippen LogP contribution in [0.4, 0.5) is 5.69 Å². The van der Waals surface area contributed by atoms with Crippen LogP contribution in [0.15, 0.2) is 28.8 Å². The largest absolute Gasteiger partial charge is 0.385 e. The van der Waals surface area contributed by atoms with Gasteiger partial charge in [-0.15, -0.1) is 0 Å². The van der Waals surface area contributed by atoms with Gasteiger partial charge in [-0.1, -0.05) is 23.4 Å². The average molecular weight is 259 g/mol. The third kappa shape index (κ3) is 2.46. The van der Waals surface area contributed by atoms with Crippen LogP contribution in [-0.2, 0) is 11.3 Å². The van der Waals surface area contributed by atoms with Gasteiger partial charge in [0.05, 0.1) is 5.92 Å². The monoisotopic (exact) mass is 259 g/mol. The highest BCUT2D eigenvalue weighted by Gasteiger charge is 2.26. The number of nitrogens with one attached hydrogen (secondary N) is 1. The van der Waals surface area contributed by atoms with Crippen LogP contribution in [-0.4, -0.2) is 23.3 Å². The van der Waals surface area contributed by atoms with Crippen LogP contribution in [0.3, 0.4) is 0 Å². The van der Waals surface area contributed by atoms with E-state index in [0.717, 1.165) is 18.7 Å². The van der Waals surface area contributed by atoms with Gasteiger partial charge in [-0.25, -0.2) is 0 Å². The minimum atomic E-state index is 0.181. The molecule has 0 radical (unpaired) electrons.